The number of carboxylic acid groups (broad SMARTS) is 1. The van der Waals surface area contributed by atoms with Crippen molar-refractivity contribution in [2.75, 3.05) is 0 Å². The van der Waals surface area contributed by atoms with Crippen LogP contribution >= 0.6 is 0 Å². The Balaban J connectivity index is 2.05. The minimum atomic E-state index is -0.961. The van der Waals surface area contributed by atoms with Gasteiger partial charge in [-0.05, 0) is 25.1 Å². The Labute approximate surface area is 114 Å². The summed E-state index contributed by atoms with van der Waals surface area (Å²) in [6.45, 7) is 2.49. The lowest BCUT2D eigenvalue weighted by Gasteiger charge is -2.03. The average Bonchev–Trinajstić information content (AvgIpc) is 2.97. The third-order valence-corrected chi connectivity index (χ3v) is 3.42. The summed E-state index contributed by atoms with van der Waals surface area (Å²) in [5.74, 6) is -0.961. The van der Waals surface area contributed by atoms with Crippen LogP contribution in [0.15, 0.2) is 24.4 Å². The first kappa shape index (κ1) is 12.3. The standard InChI is InChI=1S/C13H13N5O2/c1-8-10(6-14-17(8)2)7-18-12-5-9(13(19)20)3-4-11(12)15-16-18/h3-6H,7H2,1-2H3,(H,19,20). The summed E-state index contributed by atoms with van der Waals surface area (Å²) in [4.78, 5) is 11.0. The highest BCUT2D eigenvalue weighted by molar-refractivity contribution is 5.92. The number of nitrogens with zero attached hydrogens (tertiary/aromatic N) is 5. The van der Waals surface area contributed by atoms with Crippen molar-refractivity contribution >= 4 is 17.0 Å². The van der Waals surface area contributed by atoms with Gasteiger partial charge in [0.15, 0.2) is 0 Å². The van der Waals surface area contributed by atoms with Crippen LogP contribution in [0.4, 0.5) is 0 Å². The number of rotatable bonds is 3. The summed E-state index contributed by atoms with van der Waals surface area (Å²) in [5.41, 5.74) is 3.68. The van der Waals surface area contributed by atoms with Gasteiger partial charge < -0.3 is 5.11 Å². The van der Waals surface area contributed by atoms with Gasteiger partial charge in [-0.1, -0.05) is 5.21 Å². The Kier molecular flexibility index (Phi) is 2.74. The summed E-state index contributed by atoms with van der Waals surface area (Å²) >= 11 is 0. The quantitative estimate of drug-likeness (QED) is 0.774. The second-order valence-electron chi connectivity index (χ2n) is 4.63. The van der Waals surface area contributed by atoms with Crippen molar-refractivity contribution in [1.82, 2.24) is 24.8 Å². The molecule has 0 saturated heterocycles. The maximum absolute atomic E-state index is 11.0. The largest absolute Gasteiger partial charge is 0.478 e. The minimum absolute atomic E-state index is 0.226. The molecule has 3 aromatic rings. The zero-order chi connectivity index (χ0) is 14.3. The van der Waals surface area contributed by atoms with Gasteiger partial charge in [-0.15, -0.1) is 5.10 Å². The SMILES string of the molecule is Cc1c(Cn2nnc3ccc(C(=O)O)cc32)cnn1C. The number of aryl methyl sites for hydroxylation is 1. The van der Waals surface area contributed by atoms with Crippen LogP contribution in [-0.4, -0.2) is 35.9 Å². The average molecular weight is 271 g/mol. The number of aromatic carboxylic acids is 1. The van der Waals surface area contributed by atoms with Crippen molar-refractivity contribution in [1.29, 1.82) is 0 Å². The molecule has 1 aromatic carbocycles. The number of benzene rings is 1. The molecule has 102 valence electrons. The molecule has 3 rings (SSSR count). The lowest BCUT2D eigenvalue weighted by Crippen LogP contribution is -2.04. The molecule has 7 heteroatoms. The summed E-state index contributed by atoms with van der Waals surface area (Å²) in [6, 6.07) is 4.78. The van der Waals surface area contributed by atoms with Crippen LogP contribution < -0.4 is 0 Å². The minimum Gasteiger partial charge on any atom is -0.478 e. The first-order valence-electron chi connectivity index (χ1n) is 6.10. The van der Waals surface area contributed by atoms with Gasteiger partial charge in [-0.3, -0.25) is 4.68 Å². The van der Waals surface area contributed by atoms with Crippen molar-refractivity contribution in [2.45, 2.75) is 13.5 Å². The molecule has 0 radical (unpaired) electrons. The van der Waals surface area contributed by atoms with Crippen molar-refractivity contribution in [3.63, 3.8) is 0 Å². The number of hydrogen-bond acceptors (Lipinski definition) is 4. The number of carbonyl (C=O) groups is 1. The van der Waals surface area contributed by atoms with Crippen LogP contribution in [-0.2, 0) is 13.6 Å². The monoisotopic (exact) mass is 271 g/mol. The molecule has 0 saturated carbocycles. The van der Waals surface area contributed by atoms with E-state index in [0.29, 0.717) is 17.6 Å². The van der Waals surface area contributed by atoms with Crippen molar-refractivity contribution in [2.24, 2.45) is 7.05 Å². The van der Waals surface area contributed by atoms with E-state index in [9.17, 15) is 4.79 Å². The molecule has 0 fully saturated rings. The van der Waals surface area contributed by atoms with E-state index in [-0.39, 0.29) is 5.56 Å². The van der Waals surface area contributed by atoms with Crippen molar-refractivity contribution in [3.8, 4) is 0 Å². The highest BCUT2D eigenvalue weighted by Gasteiger charge is 2.11. The van der Waals surface area contributed by atoms with E-state index >= 15 is 0 Å². The Morgan fingerprint density at radius 2 is 2.20 bits per heavy atom. The predicted molar refractivity (Wildman–Crippen MR) is 71.5 cm³/mol. The van der Waals surface area contributed by atoms with Gasteiger partial charge in [-0.25, -0.2) is 9.48 Å². The van der Waals surface area contributed by atoms with Gasteiger partial charge >= 0.3 is 5.97 Å². The number of aromatic nitrogens is 5. The van der Waals surface area contributed by atoms with E-state index in [1.165, 1.54) is 6.07 Å². The molecule has 0 aliphatic rings. The zero-order valence-corrected chi connectivity index (χ0v) is 11.1. The smallest absolute Gasteiger partial charge is 0.335 e. The van der Waals surface area contributed by atoms with Gasteiger partial charge in [0.25, 0.3) is 0 Å². The molecular weight excluding hydrogens is 258 g/mol. The lowest BCUT2D eigenvalue weighted by molar-refractivity contribution is 0.0697. The highest BCUT2D eigenvalue weighted by atomic mass is 16.4. The second-order valence-corrected chi connectivity index (χ2v) is 4.63. The molecule has 20 heavy (non-hydrogen) atoms. The van der Waals surface area contributed by atoms with E-state index in [1.807, 2.05) is 14.0 Å². The molecule has 0 atom stereocenters. The fraction of sp³-hybridized carbons (Fsp3) is 0.231. The van der Waals surface area contributed by atoms with Crippen LogP contribution in [0, 0.1) is 6.92 Å². The Morgan fingerprint density at radius 1 is 1.40 bits per heavy atom. The highest BCUT2D eigenvalue weighted by Crippen LogP contribution is 2.16. The summed E-state index contributed by atoms with van der Waals surface area (Å²) in [7, 11) is 1.88. The molecule has 0 unspecified atom stereocenters. The van der Waals surface area contributed by atoms with Gasteiger partial charge in [0, 0.05) is 18.3 Å². The maximum Gasteiger partial charge on any atom is 0.335 e. The normalized spacial score (nSPS) is 11.1. The molecule has 7 nitrogen and oxygen atoms in total. The summed E-state index contributed by atoms with van der Waals surface area (Å²) in [6.07, 6.45) is 1.78. The third-order valence-electron chi connectivity index (χ3n) is 3.42. The molecule has 0 aliphatic carbocycles. The zero-order valence-electron chi connectivity index (χ0n) is 11.1. The van der Waals surface area contributed by atoms with Crippen LogP contribution in [0.1, 0.15) is 21.6 Å². The van der Waals surface area contributed by atoms with Crippen molar-refractivity contribution < 1.29 is 9.90 Å². The maximum atomic E-state index is 11.0. The van der Waals surface area contributed by atoms with Gasteiger partial charge in [-0.2, -0.15) is 5.10 Å². The van der Waals surface area contributed by atoms with Crippen LogP contribution in [0.5, 0.6) is 0 Å². The molecule has 0 bridgehead atoms. The van der Waals surface area contributed by atoms with Crippen LogP contribution in [0.25, 0.3) is 11.0 Å². The molecule has 0 spiro atoms. The number of fused-ring (bicyclic) bond motifs is 1. The molecule has 2 heterocycles. The molecule has 0 amide bonds. The van der Waals surface area contributed by atoms with Crippen LogP contribution in [0.3, 0.4) is 0 Å². The van der Waals surface area contributed by atoms with E-state index < -0.39 is 5.97 Å². The second kappa shape index (κ2) is 4.44. The first-order chi connectivity index (χ1) is 9.56. The van der Waals surface area contributed by atoms with E-state index in [4.69, 9.17) is 5.11 Å². The van der Waals surface area contributed by atoms with Crippen molar-refractivity contribution in [3.05, 3.63) is 41.2 Å². The lowest BCUT2D eigenvalue weighted by atomic mass is 10.2. The molecular formula is C13H13N5O2. The summed E-state index contributed by atoms with van der Waals surface area (Å²) in [5, 5.41) is 21.4. The van der Waals surface area contributed by atoms with Crippen LogP contribution in [0.2, 0.25) is 0 Å². The van der Waals surface area contributed by atoms with E-state index in [1.54, 1.807) is 27.7 Å². The molecule has 2 aromatic heterocycles. The van der Waals surface area contributed by atoms with E-state index in [2.05, 4.69) is 15.4 Å². The fourth-order valence-corrected chi connectivity index (χ4v) is 2.08. The van der Waals surface area contributed by atoms with Gasteiger partial charge in [0.1, 0.15) is 5.52 Å². The molecule has 1 N–H and O–H groups in total. The number of hydrogen-bond donors (Lipinski definition) is 1. The van der Waals surface area contributed by atoms with Gasteiger partial charge in [0.05, 0.1) is 23.8 Å². The topological polar surface area (TPSA) is 85.8 Å². The first-order valence-corrected chi connectivity index (χ1v) is 6.10. The van der Waals surface area contributed by atoms with E-state index in [0.717, 1.165) is 11.3 Å². The molecule has 0 aliphatic heterocycles. The summed E-state index contributed by atoms with van der Waals surface area (Å²) < 4.78 is 3.48. The predicted octanol–water partition coefficient (Wildman–Crippen LogP) is 1.22. The Morgan fingerprint density at radius 3 is 2.85 bits per heavy atom. The fourth-order valence-electron chi connectivity index (χ4n) is 2.08. The third kappa shape index (κ3) is 1.93. The Bertz CT molecular complexity index is 802. The Hall–Kier alpha value is -2.70. The number of carboxylic acids is 1. The van der Waals surface area contributed by atoms with Gasteiger partial charge in [0.2, 0.25) is 0 Å².